The minimum atomic E-state index is -0.850. The largest absolute Gasteiger partial charge is 0.477 e. The van der Waals surface area contributed by atoms with Crippen molar-refractivity contribution in [3.05, 3.63) is 46.8 Å². The highest BCUT2D eigenvalue weighted by atomic mass is 16.4. The third-order valence-corrected chi connectivity index (χ3v) is 6.76. The number of rotatable bonds is 4. The van der Waals surface area contributed by atoms with Crippen LogP contribution in [-0.2, 0) is 24.3 Å². The monoisotopic (exact) mass is 409 g/mol. The number of carboxylic acid groups (broad SMARTS) is 1. The second-order valence-electron chi connectivity index (χ2n) is 11.3. The maximum Gasteiger partial charge on any atom is 0.352 e. The molecule has 0 radical (unpaired) electrons. The molecular formula is C27H39NO2. The predicted octanol–water partition coefficient (Wildman–Crippen LogP) is 7.11. The van der Waals surface area contributed by atoms with Gasteiger partial charge in [-0.2, -0.15) is 0 Å². The fraction of sp³-hybridized carbons (Fsp3) is 0.593. The zero-order valence-corrected chi connectivity index (χ0v) is 19.9. The summed E-state index contributed by atoms with van der Waals surface area (Å²) in [5, 5.41) is 9.80. The molecule has 0 bridgehead atoms. The smallest absolute Gasteiger partial charge is 0.352 e. The van der Waals surface area contributed by atoms with E-state index < -0.39 is 5.97 Å². The molecule has 0 aliphatic heterocycles. The van der Waals surface area contributed by atoms with Gasteiger partial charge in [-0.05, 0) is 45.9 Å². The summed E-state index contributed by atoms with van der Waals surface area (Å²) in [5.41, 5.74) is 6.47. The number of carboxylic acids is 1. The molecule has 1 saturated carbocycles. The van der Waals surface area contributed by atoms with E-state index in [1.165, 1.54) is 48.9 Å². The minimum absolute atomic E-state index is 0.0317. The Morgan fingerprint density at radius 1 is 0.933 bits per heavy atom. The third-order valence-electron chi connectivity index (χ3n) is 6.76. The van der Waals surface area contributed by atoms with E-state index in [0.717, 1.165) is 17.5 Å². The summed E-state index contributed by atoms with van der Waals surface area (Å²) in [6, 6.07) is 8.78. The van der Waals surface area contributed by atoms with Gasteiger partial charge in [-0.3, -0.25) is 0 Å². The van der Waals surface area contributed by atoms with Crippen LogP contribution in [0.5, 0.6) is 0 Å². The average Bonchev–Trinajstić information content (AvgIpc) is 2.97. The highest BCUT2D eigenvalue weighted by molar-refractivity contribution is 5.89. The third kappa shape index (κ3) is 4.82. The van der Waals surface area contributed by atoms with E-state index in [2.05, 4.69) is 59.7 Å². The van der Waals surface area contributed by atoms with Gasteiger partial charge in [0.25, 0.3) is 0 Å². The molecule has 0 spiro atoms. The molecule has 2 aromatic rings. The van der Waals surface area contributed by atoms with E-state index >= 15 is 0 Å². The molecule has 0 amide bonds. The van der Waals surface area contributed by atoms with Gasteiger partial charge in [0.2, 0.25) is 0 Å². The highest BCUT2D eigenvalue weighted by Crippen LogP contribution is 2.38. The van der Waals surface area contributed by atoms with Crippen molar-refractivity contribution in [2.75, 3.05) is 0 Å². The van der Waals surface area contributed by atoms with Gasteiger partial charge in [0.15, 0.2) is 0 Å². The molecule has 1 heterocycles. The van der Waals surface area contributed by atoms with Gasteiger partial charge in [-0.25, -0.2) is 4.79 Å². The lowest BCUT2D eigenvalue weighted by Gasteiger charge is -2.27. The Balaban J connectivity index is 2.18. The normalized spacial score (nSPS) is 16.1. The van der Waals surface area contributed by atoms with Gasteiger partial charge < -0.3 is 9.67 Å². The van der Waals surface area contributed by atoms with Crippen LogP contribution >= 0.6 is 0 Å². The molecule has 1 aromatic carbocycles. The lowest BCUT2D eigenvalue weighted by Crippen LogP contribution is -2.17. The summed E-state index contributed by atoms with van der Waals surface area (Å²) < 4.78 is 1.92. The summed E-state index contributed by atoms with van der Waals surface area (Å²) in [7, 11) is 1.92. The van der Waals surface area contributed by atoms with Crippen LogP contribution in [0, 0.1) is 5.92 Å². The van der Waals surface area contributed by atoms with E-state index in [1.807, 2.05) is 17.7 Å². The Morgan fingerprint density at radius 2 is 1.47 bits per heavy atom. The van der Waals surface area contributed by atoms with Crippen LogP contribution in [0.15, 0.2) is 24.3 Å². The van der Waals surface area contributed by atoms with E-state index in [4.69, 9.17) is 0 Å². The maximum absolute atomic E-state index is 11.9. The van der Waals surface area contributed by atoms with Gasteiger partial charge in [-0.15, -0.1) is 0 Å². The van der Waals surface area contributed by atoms with E-state index in [1.54, 1.807) is 0 Å². The molecule has 3 rings (SSSR count). The van der Waals surface area contributed by atoms with Crippen molar-refractivity contribution in [3.8, 4) is 11.1 Å². The first-order chi connectivity index (χ1) is 13.9. The molecule has 3 nitrogen and oxygen atoms in total. The number of aromatic carboxylic acids is 1. The minimum Gasteiger partial charge on any atom is -0.477 e. The SMILES string of the molecule is Cn1c(C(=O)O)cc(-c2cc(C(C)(C)C)cc(C(C)(C)C)c2)c1CC1CCCCC1. The lowest BCUT2D eigenvalue weighted by atomic mass is 9.78. The number of nitrogens with zero attached hydrogens (tertiary/aromatic N) is 1. The van der Waals surface area contributed by atoms with Gasteiger partial charge in [0.05, 0.1) is 0 Å². The quantitative estimate of drug-likeness (QED) is 0.585. The molecule has 0 atom stereocenters. The summed E-state index contributed by atoms with van der Waals surface area (Å²) in [6.07, 6.45) is 7.39. The van der Waals surface area contributed by atoms with Gasteiger partial charge in [-0.1, -0.05) is 91.8 Å². The molecular weight excluding hydrogens is 370 g/mol. The van der Waals surface area contributed by atoms with Crippen molar-refractivity contribution in [1.29, 1.82) is 0 Å². The lowest BCUT2D eigenvalue weighted by molar-refractivity contribution is 0.0686. The fourth-order valence-corrected chi connectivity index (χ4v) is 4.66. The maximum atomic E-state index is 11.9. The Kier molecular flexibility index (Phi) is 6.23. The van der Waals surface area contributed by atoms with Crippen molar-refractivity contribution in [1.82, 2.24) is 4.57 Å². The van der Waals surface area contributed by atoms with Crippen molar-refractivity contribution in [3.63, 3.8) is 0 Å². The topological polar surface area (TPSA) is 42.2 Å². The van der Waals surface area contributed by atoms with Crippen LogP contribution in [0.1, 0.15) is 101 Å². The average molecular weight is 410 g/mol. The zero-order chi connectivity index (χ0) is 22.3. The number of carbonyl (C=O) groups is 1. The van der Waals surface area contributed by atoms with Crippen molar-refractivity contribution in [2.24, 2.45) is 13.0 Å². The van der Waals surface area contributed by atoms with Gasteiger partial charge >= 0.3 is 5.97 Å². The number of hydrogen-bond acceptors (Lipinski definition) is 1. The van der Waals surface area contributed by atoms with Crippen LogP contribution in [0.3, 0.4) is 0 Å². The molecule has 1 fully saturated rings. The van der Waals surface area contributed by atoms with Gasteiger partial charge in [0.1, 0.15) is 5.69 Å². The van der Waals surface area contributed by atoms with Crippen molar-refractivity contribution < 1.29 is 9.90 Å². The van der Waals surface area contributed by atoms with Crippen LogP contribution in [0.2, 0.25) is 0 Å². The van der Waals surface area contributed by atoms with Crippen LogP contribution in [0.25, 0.3) is 11.1 Å². The standard InChI is InChI=1S/C27H39NO2/c1-26(2,3)20-14-19(15-21(16-20)27(4,5)6)22-17-24(25(29)30)28(7)23(22)13-18-11-9-8-10-12-18/h14-18H,8-13H2,1-7H3,(H,29,30). The highest BCUT2D eigenvalue weighted by Gasteiger charge is 2.25. The molecule has 0 unspecified atom stereocenters. The Bertz CT molecular complexity index is 883. The summed E-state index contributed by atoms with van der Waals surface area (Å²) in [6.45, 7) is 13.5. The molecule has 1 N–H and O–H groups in total. The first-order valence-electron chi connectivity index (χ1n) is 11.5. The summed E-state index contributed by atoms with van der Waals surface area (Å²) in [5.74, 6) is -0.197. The van der Waals surface area contributed by atoms with E-state index in [9.17, 15) is 9.90 Å². The van der Waals surface area contributed by atoms with E-state index in [0.29, 0.717) is 11.6 Å². The Hall–Kier alpha value is -2.03. The summed E-state index contributed by atoms with van der Waals surface area (Å²) >= 11 is 0. The molecule has 30 heavy (non-hydrogen) atoms. The first kappa shape index (κ1) is 22.7. The molecule has 1 aliphatic carbocycles. The first-order valence-corrected chi connectivity index (χ1v) is 11.5. The number of benzene rings is 1. The van der Waals surface area contributed by atoms with E-state index in [-0.39, 0.29) is 10.8 Å². The predicted molar refractivity (Wildman–Crippen MR) is 125 cm³/mol. The molecule has 1 aliphatic rings. The zero-order valence-electron chi connectivity index (χ0n) is 19.9. The molecule has 3 heteroatoms. The van der Waals surface area contributed by atoms with Crippen LogP contribution in [-0.4, -0.2) is 15.6 Å². The second kappa shape index (κ2) is 8.24. The summed E-state index contributed by atoms with van der Waals surface area (Å²) in [4.78, 5) is 11.9. The Labute approximate surface area is 182 Å². The second-order valence-corrected chi connectivity index (χ2v) is 11.3. The van der Waals surface area contributed by atoms with Crippen LogP contribution < -0.4 is 0 Å². The number of aromatic nitrogens is 1. The molecule has 0 saturated heterocycles. The molecule has 164 valence electrons. The number of hydrogen-bond donors (Lipinski definition) is 1. The fourth-order valence-electron chi connectivity index (χ4n) is 4.66. The molecule has 1 aromatic heterocycles. The van der Waals surface area contributed by atoms with Crippen LogP contribution in [0.4, 0.5) is 0 Å². The Morgan fingerprint density at radius 3 is 1.93 bits per heavy atom. The van der Waals surface area contributed by atoms with Gasteiger partial charge in [0, 0.05) is 18.3 Å². The van der Waals surface area contributed by atoms with Crippen molar-refractivity contribution in [2.45, 2.75) is 90.9 Å². The van der Waals surface area contributed by atoms with Crippen molar-refractivity contribution >= 4 is 5.97 Å².